The molecule has 0 spiro atoms. The first kappa shape index (κ1) is 19.6. The van der Waals surface area contributed by atoms with Gasteiger partial charge in [-0.2, -0.15) is 0 Å². The molecular weight excluding hydrogens is 349 g/mol. The predicted molar refractivity (Wildman–Crippen MR) is 101 cm³/mol. The summed E-state index contributed by atoms with van der Waals surface area (Å²) in [6, 6.07) is 5.67. The van der Waals surface area contributed by atoms with Crippen molar-refractivity contribution in [3.05, 3.63) is 30.1 Å². The van der Waals surface area contributed by atoms with Crippen LogP contribution in [0.15, 0.2) is 24.3 Å². The van der Waals surface area contributed by atoms with Crippen molar-refractivity contribution in [2.75, 3.05) is 31.6 Å². The highest BCUT2D eigenvalue weighted by Gasteiger charge is 2.24. The number of amides is 3. The molecule has 0 radical (unpaired) electrons. The summed E-state index contributed by atoms with van der Waals surface area (Å²) in [4.78, 5) is 26.2. The van der Waals surface area contributed by atoms with E-state index < -0.39 is 0 Å². The van der Waals surface area contributed by atoms with Crippen LogP contribution in [-0.2, 0) is 9.53 Å². The number of hydrogen-bond acceptors (Lipinski definition) is 3. The van der Waals surface area contributed by atoms with E-state index in [4.69, 9.17) is 4.74 Å². The molecule has 0 bridgehead atoms. The van der Waals surface area contributed by atoms with E-state index in [2.05, 4.69) is 10.6 Å². The van der Waals surface area contributed by atoms with Gasteiger partial charge in [0.1, 0.15) is 5.82 Å². The van der Waals surface area contributed by atoms with E-state index in [9.17, 15) is 14.0 Å². The molecule has 3 rings (SSSR count). The number of urea groups is 1. The van der Waals surface area contributed by atoms with Gasteiger partial charge < -0.3 is 20.3 Å². The Balaban J connectivity index is 1.39. The summed E-state index contributed by atoms with van der Waals surface area (Å²) >= 11 is 0. The van der Waals surface area contributed by atoms with Crippen molar-refractivity contribution >= 4 is 17.6 Å². The maximum Gasteiger partial charge on any atom is 0.321 e. The summed E-state index contributed by atoms with van der Waals surface area (Å²) in [7, 11) is 0. The maximum absolute atomic E-state index is 13.2. The molecular formula is C20H28FN3O3. The summed E-state index contributed by atoms with van der Waals surface area (Å²) in [5.41, 5.74) is 0.454. The van der Waals surface area contributed by atoms with E-state index in [1.54, 1.807) is 17.0 Å². The Morgan fingerprint density at radius 3 is 2.93 bits per heavy atom. The standard InChI is InChI=1S/C20H28FN3O3/c21-16-5-1-6-17(12-16)23-20(26)24-10-2-4-15(14-24)8-9-19(25)22-13-18-7-3-11-27-18/h1,5-6,12,15,18H,2-4,7-11,13-14H2,(H,22,25)(H,23,26). The lowest BCUT2D eigenvalue weighted by Crippen LogP contribution is -2.42. The number of hydrogen-bond donors (Lipinski definition) is 2. The Labute approximate surface area is 159 Å². The molecule has 2 heterocycles. The molecule has 0 aliphatic carbocycles. The fraction of sp³-hybridized carbons (Fsp3) is 0.600. The third-order valence-corrected chi connectivity index (χ3v) is 5.21. The van der Waals surface area contributed by atoms with Crippen molar-refractivity contribution in [3.8, 4) is 0 Å². The van der Waals surface area contributed by atoms with Gasteiger partial charge in [-0.1, -0.05) is 6.07 Å². The second-order valence-corrected chi connectivity index (χ2v) is 7.37. The van der Waals surface area contributed by atoms with Crippen LogP contribution >= 0.6 is 0 Å². The minimum atomic E-state index is -0.377. The van der Waals surface area contributed by atoms with Crippen LogP contribution in [0.5, 0.6) is 0 Å². The van der Waals surface area contributed by atoms with E-state index in [0.29, 0.717) is 37.7 Å². The van der Waals surface area contributed by atoms with E-state index >= 15 is 0 Å². The molecule has 0 aromatic heterocycles. The van der Waals surface area contributed by atoms with Crippen molar-refractivity contribution in [3.63, 3.8) is 0 Å². The van der Waals surface area contributed by atoms with Gasteiger partial charge >= 0.3 is 6.03 Å². The molecule has 2 aliphatic rings. The largest absolute Gasteiger partial charge is 0.376 e. The highest BCUT2D eigenvalue weighted by atomic mass is 19.1. The Hall–Kier alpha value is -2.15. The van der Waals surface area contributed by atoms with Crippen molar-refractivity contribution in [2.45, 2.75) is 44.6 Å². The first-order valence-electron chi connectivity index (χ1n) is 9.80. The number of carbonyl (C=O) groups is 2. The van der Waals surface area contributed by atoms with Crippen LogP contribution in [0.1, 0.15) is 38.5 Å². The van der Waals surface area contributed by atoms with Gasteiger partial charge in [0, 0.05) is 38.3 Å². The molecule has 2 saturated heterocycles. The summed E-state index contributed by atoms with van der Waals surface area (Å²) < 4.78 is 18.8. The van der Waals surface area contributed by atoms with Crippen LogP contribution in [0.25, 0.3) is 0 Å². The quantitative estimate of drug-likeness (QED) is 0.800. The number of anilines is 1. The third kappa shape index (κ3) is 6.20. The van der Waals surface area contributed by atoms with Crippen molar-refractivity contribution in [1.82, 2.24) is 10.2 Å². The van der Waals surface area contributed by atoms with Crippen LogP contribution < -0.4 is 10.6 Å². The molecule has 2 unspecified atom stereocenters. The molecule has 1 aromatic rings. The number of nitrogens with one attached hydrogen (secondary N) is 2. The SMILES string of the molecule is O=C(CCC1CCCN(C(=O)Nc2cccc(F)c2)C1)NCC1CCCO1. The average molecular weight is 377 g/mol. The van der Waals surface area contributed by atoms with Gasteiger partial charge in [0.05, 0.1) is 6.10 Å². The summed E-state index contributed by atoms with van der Waals surface area (Å²) in [5, 5.41) is 5.69. The summed E-state index contributed by atoms with van der Waals surface area (Å²) in [6.45, 7) is 2.69. The van der Waals surface area contributed by atoms with Crippen molar-refractivity contribution in [2.24, 2.45) is 5.92 Å². The number of carbonyl (C=O) groups excluding carboxylic acids is 2. The van der Waals surface area contributed by atoms with E-state index in [0.717, 1.165) is 38.7 Å². The number of halogens is 1. The van der Waals surface area contributed by atoms with Gasteiger partial charge in [0.2, 0.25) is 5.91 Å². The normalized spacial score (nSPS) is 22.5. The van der Waals surface area contributed by atoms with Crippen LogP contribution in [0, 0.1) is 11.7 Å². The zero-order valence-electron chi connectivity index (χ0n) is 15.6. The first-order valence-corrected chi connectivity index (χ1v) is 9.80. The zero-order valence-corrected chi connectivity index (χ0v) is 15.6. The summed E-state index contributed by atoms with van der Waals surface area (Å²) in [5.74, 6) is -0.0179. The fourth-order valence-electron chi connectivity index (χ4n) is 3.71. The monoisotopic (exact) mass is 377 g/mol. The number of likely N-dealkylation sites (tertiary alicyclic amines) is 1. The lowest BCUT2D eigenvalue weighted by molar-refractivity contribution is -0.121. The molecule has 2 fully saturated rings. The zero-order chi connectivity index (χ0) is 19.1. The highest BCUT2D eigenvalue weighted by molar-refractivity contribution is 5.89. The lowest BCUT2D eigenvalue weighted by Gasteiger charge is -2.32. The smallest absolute Gasteiger partial charge is 0.321 e. The number of rotatable bonds is 6. The van der Waals surface area contributed by atoms with Gasteiger partial charge in [-0.15, -0.1) is 0 Å². The molecule has 2 atom stereocenters. The highest BCUT2D eigenvalue weighted by Crippen LogP contribution is 2.22. The first-order chi connectivity index (χ1) is 13.1. The number of ether oxygens (including phenoxy) is 1. The summed E-state index contributed by atoms with van der Waals surface area (Å²) in [6.07, 6.45) is 5.40. The van der Waals surface area contributed by atoms with Gasteiger partial charge in [-0.3, -0.25) is 4.79 Å². The van der Waals surface area contributed by atoms with Gasteiger partial charge in [0.15, 0.2) is 0 Å². The number of nitrogens with zero attached hydrogens (tertiary/aromatic N) is 1. The predicted octanol–water partition coefficient (Wildman–Crippen LogP) is 3.15. The van der Waals surface area contributed by atoms with Crippen LogP contribution in [-0.4, -0.2) is 49.2 Å². The number of benzene rings is 1. The van der Waals surface area contributed by atoms with E-state index in [1.807, 2.05) is 0 Å². The second kappa shape index (κ2) is 9.69. The molecule has 7 heteroatoms. The molecule has 2 aliphatic heterocycles. The molecule has 2 N–H and O–H groups in total. The van der Waals surface area contributed by atoms with Crippen LogP contribution in [0.2, 0.25) is 0 Å². The molecule has 3 amide bonds. The fourth-order valence-corrected chi connectivity index (χ4v) is 3.71. The molecule has 148 valence electrons. The van der Waals surface area contributed by atoms with E-state index in [1.165, 1.54) is 12.1 Å². The number of piperidine rings is 1. The second-order valence-electron chi connectivity index (χ2n) is 7.37. The molecule has 6 nitrogen and oxygen atoms in total. The minimum absolute atomic E-state index is 0.0480. The van der Waals surface area contributed by atoms with Crippen molar-refractivity contribution in [1.29, 1.82) is 0 Å². The molecule has 0 saturated carbocycles. The molecule has 27 heavy (non-hydrogen) atoms. The van der Waals surface area contributed by atoms with Crippen LogP contribution in [0.4, 0.5) is 14.9 Å². The lowest BCUT2D eigenvalue weighted by atomic mass is 9.93. The van der Waals surface area contributed by atoms with Gasteiger partial charge in [-0.05, 0) is 56.2 Å². The van der Waals surface area contributed by atoms with Gasteiger partial charge in [0.25, 0.3) is 0 Å². The third-order valence-electron chi connectivity index (χ3n) is 5.21. The Morgan fingerprint density at radius 1 is 1.26 bits per heavy atom. The maximum atomic E-state index is 13.2. The van der Waals surface area contributed by atoms with E-state index in [-0.39, 0.29) is 23.9 Å². The van der Waals surface area contributed by atoms with Crippen LogP contribution in [0.3, 0.4) is 0 Å². The molecule has 1 aromatic carbocycles. The Kier molecular flexibility index (Phi) is 7.04. The topological polar surface area (TPSA) is 70.7 Å². The Morgan fingerprint density at radius 2 is 2.15 bits per heavy atom. The minimum Gasteiger partial charge on any atom is -0.376 e. The van der Waals surface area contributed by atoms with Gasteiger partial charge in [-0.25, -0.2) is 9.18 Å². The Bertz CT molecular complexity index is 649. The van der Waals surface area contributed by atoms with Crippen molar-refractivity contribution < 1.29 is 18.7 Å². The average Bonchev–Trinajstić information content (AvgIpc) is 3.18.